The van der Waals surface area contributed by atoms with E-state index >= 15 is 0 Å². The molecular weight excluding hydrogens is 582 g/mol. The predicted molar refractivity (Wildman–Crippen MR) is 123 cm³/mol. The lowest BCUT2D eigenvalue weighted by molar-refractivity contribution is -0.253. The van der Waals surface area contributed by atoms with Gasteiger partial charge in [-0.3, -0.25) is 0 Å². The minimum Gasteiger partial charge on any atom is -0.457 e. The van der Waals surface area contributed by atoms with Crippen LogP contribution in [0.5, 0.6) is 11.5 Å². The second kappa shape index (κ2) is 11.3. The molecule has 0 bridgehead atoms. The number of hydrogen-bond acceptors (Lipinski definition) is 4. The van der Waals surface area contributed by atoms with Gasteiger partial charge in [0.2, 0.25) is 0 Å². The first kappa shape index (κ1) is 28.8. The summed E-state index contributed by atoms with van der Waals surface area (Å²) in [5, 5.41) is 9.68. The van der Waals surface area contributed by atoms with Crippen LogP contribution >= 0.6 is 15.9 Å². The second-order valence-corrected chi connectivity index (χ2v) is 9.38. The maximum Gasteiger partial charge on any atom is 0.461 e. The monoisotopic (exact) mass is 601 g/mol. The molecule has 0 aromatic heterocycles. The Morgan fingerprint density at radius 2 is 1.70 bits per heavy atom. The lowest BCUT2D eigenvalue weighted by Gasteiger charge is -2.29. The molecule has 3 rings (SSSR count). The van der Waals surface area contributed by atoms with Crippen LogP contribution in [0.3, 0.4) is 0 Å². The summed E-state index contributed by atoms with van der Waals surface area (Å²) in [6.45, 7) is -1.31. The van der Waals surface area contributed by atoms with E-state index in [1.54, 1.807) is 0 Å². The Hall–Kier alpha value is -2.80. The molecule has 37 heavy (non-hydrogen) atoms. The molecular formula is C24H20BrF8NO3. The number of nitrogens with zero attached hydrogens (tertiary/aromatic N) is 1. The van der Waals surface area contributed by atoms with E-state index in [9.17, 15) is 40.2 Å². The third-order valence-corrected chi connectivity index (χ3v) is 5.55. The maximum atomic E-state index is 14.2. The fraction of sp³-hybridized carbons (Fsp3) is 0.333. The highest BCUT2D eigenvalue weighted by atomic mass is 79.9. The van der Waals surface area contributed by atoms with Gasteiger partial charge in [0.1, 0.15) is 17.3 Å². The fourth-order valence-corrected chi connectivity index (χ4v) is 3.71. The highest BCUT2D eigenvalue weighted by molar-refractivity contribution is 9.10. The van der Waals surface area contributed by atoms with Crippen molar-refractivity contribution >= 4 is 21.6 Å². The SMILES string of the molecule is OC(CN(Cc1cccc(OC(F)(F)C(F)F)c1)c1cccc(OC2=CC(F)(Br)CC=C2)c1)C(F)(F)F. The minimum absolute atomic E-state index is 0.0645. The van der Waals surface area contributed by atoms with Gasteiger partial charge in [-0.25, -0.2) is 4.39 Å². The van der Waals surface area contributed by atoms with Gasteiger partial charge >= 0.3 is 18.7 Å². The Morgan fingerprint density at radius 1 is 1.03 bits per heavy atom. The molecule has 0 heterocycles. The van der Waals surface area contributed by atoms with Crippen molar-refractivity contribution in [1.82, 2.24) is 0 Å². The van der Waals surface area contributed by atoms with Crippen LogP contribution in [0.1, 0.15) is 12.0 Å². The standard InChI is InChI=1S/C24H20BrF8NO3/c25-22(28)9-3-8-19(12-22)36-17-6-2-5-16(11-17)34(14-20(35)23(29,30)31)13-15-4-1-7-18(10-15)37-24(32,33)21(26)27/h1-8,10-12,20-21,35H,9,13-14H2. The average molecular weight is 602 g/mol. The smallest absolute Gasteiger partial charge is 0.457 e. The Balaban J connectivity index is 1.88. The Kier molecular flexibility index (Phi) is 8.78. The van der Waals surface area contributed by atoms with E-state index in [0.29, 0.717) is 0 Å². The second-order valence-electron chi connectivity index (χ2n) is 8.06. The van der Waals surface area contributed by atoms with Gasteiger partial charge in [0, 0.05) is 30.8 Å². The summed E-state index contributed by atoms with van der Waals surface area (Å²) in [6, 6.07) is 10.2. The Labute approximate surface area is 214 Å². The first-order valence-electron chi connectivity index (χ1n) is 10.6. The van der Waals surface area contributed by atoms with Crippen molar-refractivity contribution in [3.8, 4) is 11.5 Å². The van der Waals surface area contributed by atoms with Gasteiger partial charge in [0.05, 0.1) is 6.54 Å². The zero-order valence-electron chi connectivity index (χ0n) is 18.7. The quantitative estimate of drug-likeness (QED) is 0.232. The van der Waals surface area contributed by atoms with E-state index in [1.807, 2.05) is 0 Å². The summed E-state index contributed by atoms with van der Waals surface area (Å²) >= 11 is 2.88. The van der Waals surface area contributed by atoms with Gasteiger partial charge in [-0.05, 0) is 51.8 Å². The molecule has 13 heteroatoms. The van der Waals surface area contributed by atoms with Crippen LogP contribution in [-0.2, 0) is 6.54 Å². The summed E-state index contributed by atoms with van der Waals surface area (Å²) < 4.78 is 113. The van der Waals surface area contributed by atoms with E-state index in [0.717, 1.165) is 17.0 Å². The lowest BCUT2D eigenvalue weighted by Crippen LogP contribution is -2.40. The number of aliphatic hydroxyl groups is 1. The van der Waals surface area contributed by atoms with Crippen LogP contribution in [0.15, 0.2) is 72.5 Å². The molecule has 0 saturated heterocycles. The van der Waals surface area contributed by atoms with Crippen LogP contribution in [0.25, 0.3) is 0 Å². The molecule has 2 aromatic carbocycles. The molecule has 0 saturated carbocycles. The molecule has 4 nitrogen and oxygen atoms in total. The molecule has 2 atom stereocenters. The maximum absolute atomic E-state index is 14.2. The molecule has 2 unspecified atom stereocenters. The number of aliphatic hydroxyl groups excluding tert-OH is 1. The van der Waals surface area contributed by atoms with Crippen LogP contribution < -0.4 is 14.4 Å². The van der Waals surface area contributed by atoms with Crippen molar-refractivity contribution in [3.63, 3.8) is 0 Å². The summed E-state index contributed by atoms with van der Waals surface area (Å²) in [6.07, 6.45) is -12.3. The van der Waals surface area contributed by atoms with E-state index < -0.39 is 41.7 Å². The average Bonchev–Trinajstić information content (AvgIpc) is 2.77. The number of ether oxygens (including phenoxy) is 2. The molecule has 0 aliphatic heterocycles. The third-order valence-electron chi connectivity index (χ3n) is 5.00. The van der Waals surface area contributed by atoms with E-state index in [2.05, 4.69) is 20.7 Å². The van der Waals surface area contributed by atoms with Crippen molar-refractivity contribution in [2.45, 2.75) is 42.4 Å². The minimum atomic E-state index is -4.96. The van der Waals surface area contributed by atoms with Gasteiger partial charge in [-0.2, -0.15) is 30.7 Å². The predicted octanol–water partition coefficient (Wildman–Crippen LogP) is 7.14. The first-order valence-corrected chi connectivity index (χ1v) is 11.4. The molecule has 0 spiro atoms. The van der Waals surface area contributed by atoms with Crippen molar-refractivity contribution in [3.05, 3.63) is 78.1 Å². The zero-order chi connectivity index (χ0) is 27.4. The van der Waals surface area contributed by atoms with Gasteiger partial charge < -0.3 is 19.5 Å². The summed E-state index contributed by atoms with van der Waals surface area (Å²) in [4.78, 5) is 1.09. The highest BCUT2D eigenvalue weighted by Crippen LogP contribution is 2.34. The molecule has 1 aliphatic carbocycles. The third kappa shape index (κ3) is 8.35. The number of rotatable bonds is 10. The summed E-state index contributed by atoms with van der Waals surface area (Å²) in [7, 11) is 0. The van der Waals surface area contributed by atoms with Gasteiger partial charge in [-0.1, -0.05) is 24.3 Å². The van der Waals surface area contributed by atoms with Crippen LogP contribution in [0.2, 0.25) is 0 Å². The first-order chi connectivity index (χ1) is 17.1. The molecule has 2 aromatic rings. The number of anilines is 1. The normalized spacial score (nSPS) is 18.9. The number of alkyl halides is 9. The fourth-order valence-electron chi connectivity index (χ4n) is 3.29. The largest absolute Gasteiger partial charge is 0.461 e. The van der Waals surface area contributed by atoms with E-state index in [-0.39, 0.29) is 35.7 Å². The van der Waals surface area contributed by atoms with Gasteiger partial charge in [0.15, 0.2) is 10.7 Å². The molecule has 0 amide bonds. The summed E-state index contributed by atoms with van der Waals surface area (Å²) in [5.74, 6) is -0.357. The molecule has 202 valence electrons. The molecule has 1 aliphatic rings. The summed E-state index contributed by atoms with van der Waals surface area (Å²) in [5.41, 5.74) is 0.262. The topological polar surface area (TPSA) is 41.9 Å². The Morgan fingerprint density at radius 3 is 2.35 bits per heavy atom. The van der Waals surface area contributed by atoms with Crippen LogP contribution in [-0.4, -0.2) is 41.0 Å². The zero-order valence-corrected chi connectivity index (χ0v) is 20.3. The molecule has 0 fully saturated rings. The van der Waals surface area contributed by atoms with Crippen molar-refractivity contribution < 1.29 is 49.7 Å². The van der Waals surface area contributed by atoms with Crippen molar-refractivity contribution in [2.24, 2.45) is 0 Å². The highest BCUT2D eigenvalue weighted by Gasteiger charge is 2.44. The molecule has 0 radical (unpaired) electrons. The Bertz CT molecular complexity index is 1140. The van der Waals surface area contributed by atoms with Crippen LogP contribution in [0, 0.1) is 0 Å². The molecule has 1 N–H and O–H groups in total. The van der Waals surface area contributed by atoms with Crippen LogP contribution in [0.4, 0.5) is 40.8 Å². The van der Waals surface area contributed by atoms with Gasteiger partial charge in [-0.15, -0.1) is 0 Å². The van der Waals surface area contributed by atoms with Gasteiger partial charge in [0.25, 0.3) is 0 Å². The lowest BCUT2D eigenvalue weighted by atomic mass is 10.1. The van der Waals surface area contributed by atoms with E-state index in [1.165, 1.54) is 54.6 Å². The van der Waals surface area contributed by atoms with Crippen molar-refractivity contribution in [2.75, 3.05) is 11.4 Å². The number of allylic oxidation sites excluding steroid dienone is 3. The van der Waals surface area contributed by atoms with E-state index in [4.69, 9.17) is 4.74 Å². The number of halogens is 9. The number of benzene rings is 2. The van der Waals surface area contributed by atoms with Crippen molar-refractivity contribution in [1.29, 1.82) is 0 Å². The number of hydrogen-bond donors (Lipinski definition) is 1.